The first-order valence-corrected chi connectivity index (χ1v) is 10.4. The van der Waals surface area contributed by atoms with Crippen LogP contribution in [0.25, 0.3) is 0 Å². The van der Waals surface area contributed by atoms with Crippen molar-refractivity contribution < 1.29 is 9.50 Å². The van der Waals surface area contributed by atoms with Gasteiger partial charge in [-0.05, 0) is 44.5 Å². The summed E-state index contributed by atoms with van der Waals surface area (Å²) in [5.41, 5.74) is 1.55. The molecular formula is C23H31FN4O. The van der Waals surface area contributed by atoms with Gasteiger partial charge < -0.3 is 15.7 Å². The van der Waals surface area contributed by atoms with Crippen LogP contribution in [0.4, 0.5) is 4.39 Å². The fourth-order valence-electron chi connectivity index (χ4n) is 3.73. The first-order valence-electron chi connectivity index (χ1n) is 10.4. The molecule has 0 amide bonds. The number of nitrogens with one attached hydrogen (secondary N) is 2. The third kappa shape index (κ3) is 6.02. The third-order valence-electron chi connectivity index (χ3n) is 5.26. The molecule has 1 heterocycles. The van der Waals surface area contributed by atoms with Gasteiger partial charge in [-0.1, -0.05) is 48.5 Å². The number of hydrogen-bond donors (Lipinski definition) is 3. The van der Waals surface area contributed by atoms with Crippen LogP contribution in [-0.4, -0.2) is 48.7 Å². The van der Waals surface area contributed by atoms with Crippen molar-refractivity contribution in [3.8, 4) is 0 Å². The third-order valence-corrected chi connectivity index (χ3v) is 5.26. The van der Waals surface area contributed by atoms with Gasteiger partial charge in [-0.2, -0.15) is 0 Å². The molecule has 0 radical (unpaired) electrons. The van der Waals surface area contributed by atoms with E-state index in [-0.39, 0.29) is 18.2 Å². The number of aliphatic hydroxyl groups is 1. The summed E-state index contributed by atoms with van der Waals surface area (Å²) in [6.45, 7) is 5.69. The lowest BCUT2D eigenvalue weighted by Crippen LogP contribution is -2.40. The van der Waals surface area contributed by atoms with Gasteiger partial charge in [0, 0.05) is 18.7 Å². The summed E-state index contributed by atoms with van der Waals surface area (Å²) in [5, 5.41) is 16.7. The molecule has 1 saturated heterocycles. The smallest absolute Gasteiger partial charge is 0.191 e. The number of benzene rings is 2. The van der Waals surface area contributed by atoms with Crippen molar-refractivity contribution in [3.63, 3.8) is 0 Å². The predicted molar refractivity (Wildman–Crippen MR) is 115 cm³/mol. The summed E-state index contributed by atoms with van der Waals surface area (Å²) in [6.07, 6.45) is 1.50. The zero-order chi connectivity index (χ0) is 20.5. The number of hydrogen-bond acceptors (Lipinski definition) is 3. The Bertz CT molecular complexity index is 777. The molecule has 0 bridgehead atoms. The molecule has 3 N–H and O–H groups in total. The van der Waals surface area contributed by atoms with E-state index in [2.05, 4.69) is 39.8 Å². The lowest BCUT2D eigenvalue weighted by Gasteiger charge is -2.27. The van der Waals surface area contributed by atoms with Crippen molar-refractivity contribution in [3.05, 3.63) is 71.5 Å². The molecule has 29 heavy (non-hydrogen) atoms. The van der Waals surface area contributed by atoms with Crippen LogP contribution in [0.1, 0.15) is 43.0 Å². The van der Waals surface area contributed by atoms with Crippen molar-refractivity contribution >= 4 is 5.96 Å². The minimum atomic E-state index is -0.941. The molecule has 5 nitrogen and oxygen atoms in total. The first-order chi connectivity index (χ1) is 14.2. The van der Waals surface area contributed by atoms with Gasteiger partial charge in [0.15, 0.2) is 5.96 Å². The monoisotopic (exact) mass is 398 g/mol. The number of guanidine groups is 1. The standard InChI is InChI=1S/C23H31FN4O/c1-2-25-23(27-17-22(29)19-12-6-7-13-20(19)24)26-16-21(28-14-8-9-15-28)18-10-4-3-5-11-18/h3-7,10-13,21-22,29H,2,8-9,14-17H2,1H3,(H2,25,26,27). The molecule has 1 aliphatic rings. The molecule has 156 valence electrons. The molecule has 0 saturated carbocycles. The topological polar surface area (TPSA) is 59.9 Å². The van der Waals surface area contributed by atoms with Gasteiger partial charge >= 0.3 is 0 Å². The van der Waals surface area contributed by atoms with Gasteiger partial charge in [0.25, 0.3) is 0 Å². The van der Waals surface area contributed by atoms with E-state index in [1.165, 1.54) is 24.5 Å². The molecule has 6 heteroatoms. The van der Waals surface area contributed by atoms with Crippen molar-refractivity contribution in [2.75, 3.05) is 32.7 Å². The molecular weight excluding hydrogens is 367 g/mol. The molecule has 3 rings (SSSR count). The minimum Gasteiger partial charge on any atom is -0.386 e. The number of aliphatic hydroxyl groups excluding tert-OH is 1. The number of nitrogens with zero attached hydrogens (tertiary/aromatic N) is 2. The van der Waals surface area contributed by atoms with E-state index in [9.17, 15) is 9.50 Å². The number of rotatable bonds is 8. The average Bonchev–Trinajstić information content (AvgIpc) is 3.27. The summed E-state index contributed by atoms with van der Waals surface area (Å²) >= 11 is 0. The molecule has 2 aromatic rings. The van der Waals surface area contributed by atoms with Crippen molar-refractivity contribution in [2.24, 2.45) is 4.99 Å². The Morgan fingerprint density at radius 2 is 1.76 bits per heavy atom. The van der Waals surface area contributed by atoms with Gasteiger partial charge in [-0.25, -0.2) is 4.39 Å². The minimum absolute atomic E-state index is 0.187. The fourth-order valence-corrected chi connectivity index (χ4v) is 3.73. The molecule has 2 unspecified atom stereocenters. The van der Waals surface area contributed by atoms with Crippen LogP contribution in [0, 0.1) is 5.82 Å². The maximum atomic E-state index is 13.9. The van der Waals surface area contributed by atoms with Crippen LogP contribution in [0.5, 0.6) is 0 Å². The predicted octanol–water partition coefficient (Wildman–Crippen LogP) is 3.25. The Hall–Kier alpha value is -2.44. The van der Waals surface area contributed by atoms with Crippen LogP contribution in [0.3, 0.4) is 0 Å². The average molecular weight is 399 g/mol. The Morgan fingerprint density at radius 1 is 1.07 bits per heavy atom. The van der Waals surface area contributed by atoms with E-state index < -0.39 is 11.9 Å². The highest BCUT2D eigenvalue weighted by atomic mass is 19.1. The highest BCUT2D eigenvalue weighted by Gasteiger charge is 2.23. The normalized spacial score (nSPS) is 17.1. The molecule has 0 spiro atoms. The second-order valence-electron chi connectivity index (χ2n) is 7.31. The molecule has 1 fully saturated rings. The van der Waals surface area contributed by atoms with E-state index in [4.69, 9.17) is 4.99 Å². The summed E-state index contributed by atoms with van der Waals surface area (Å²) < 4.78 is 13.9. The van der Waals surface area contributed by atoms with Crippen LogP contribution in [0.15, 0.2) is 59.6 Å². The van der Waals surface area contributed by atoms with Crippen LogP contribution < -0.4 is 10.6 Å². The maximum absolute atomic E-state index is 13.9. The lowest BCUT2D eigenvalue weighted by atomic mass is 10.1. The van der Waals surface area contributed by atoms with Gasteiger partial charge in [0.05, 0.1) is 18.7 Å². The summed E-state index contributed by atoms with van der Waals surface area (Å²) in [7, 11) is 0. The zero-order valence-electron chi connectivity index (χ0n) is 17.0. The van der Waals surface area contributed by atoms with Crippen LogP contribution >= 0.6 is 0 Å². The molecule has 2 atom stereocenters. The largest absolute Gasteiger partial charge is 0.386 e. The highest BCUT2D eigenvalue weighted by molar-refractivity contribution is 5.79. The quantitative estimate of drug-likeness (QED) is 0.472. The molecule has 0 aromatic heterocycles. The van der Waals surface area contributed by atoms with E-state index >= 15 is 0 Å². The highest BCUT2D eigenvalue weighted by Crippen LogP contribution is 2.25. The first kappa shape index (κ1) is 21.3. The Labute approximate surface area is 172 Å². The second-order valence-corrected chi connectivity index (χ2v) is 7.31. The molecule has 1 aliphatic heterocycles. The number of likely N-dealkylation sites (tertiary alicyclic amines) is 1. The lowest BCUT2D eigenvalue weighted by molar-refractivity contribution is 0.176. The van der Waals surface area contributed by atoms with Gasteiger partial charge in [0.1, 0.15) is 5.82 Å². The SMILES string of the molecule is CCNC(=NCC(c1ccccc1)N1CCCC1)NCC(O)c1ccccc1F. The summed E-state index contributed by atoms with van der Waals surface area (Å²) in [6, 6.07) is 17.0. The van der Waals surface area contributed by atoms with Gasteiger partial charge in [0.2, 0.25) is 0 Å². The maximum Gasteiger partial charge on any atom is 0.191 e. The van der Waals surface area contributed by atoms with E-state index in [1.807, 2.05) is 13.0 Å². The van der Waals surface area contributed by atoms with Crippen molar-refractivity contribution in [1.82, 2.24) is 15.5 Å². The van der Waals surface area contributed by atoms with Crippen molar-refractivity contribution in [1.29, 1.82) is 0 Å². The van der Waals surface area contributed by atoms with E-state index in [0.717, 1.165) is 13.1 Å². The molecule has 2 aromatic carbocycles. The Morgan fingerprint density at radius 3 is 2.45 bits per heavy atom. The van der Waals surface area contributed by atoms with Gasteiger partial charge in [-0.15, -0.1) is 0 Å². The number of aliphatic imine (C=N–C) groups is 1. The summed E-state index contributed by atoms with van der Waals surface area (Å²) in [5.74, 6) is 0.227. The van der Waals surface area contributed by atoms with Gasteiger partial charge in [-0.3, -0.25) is 9.89 Å². The van der Waals surface area contributed by atoms with E-state index in [0.29, 0.717) is 19.0 Å². The Balaban J connectivity index is 1.67. The van der Waals surface area contributed by atoms with Crippen LogP contribution in [0.2, 0.25) is 0 Å². The molecule has 0 aliphatic carbocycles. The van der Waals surface area contributed by atoms with Crippen molar-refractivity contribution in [2.45, 2.75) is 31.9 Å². The Kier molecular flexibility index (Phi) is 8.02. The van der Waals surface area contributed by atoms with E-state index in [1.54, 1.807) is 18.2 Å². The fraction of sp³-hybridized carbons (Fsp3) is 0.435. The van der Waals surface area contributed by atoms with Crippen LogP contribution in [-0.2, 0) is 0 Å². The zero-order valence-corrected chi connectivity index (χ0v) is 17.0. The number of halogens is 1. The summed E-state index contributed by atoms with van der Waals surface area (Å²) in [4.78, 5) is 7.25. The second kappa shape index (κ2) is 10.9.